The summed E-state index contributed by atoms with van der Waals surface area (Å²) in [6, 6.07) is 2.20. The number of aromatic nitrogens is 1. The lowest BCUT2D eigenvalue weighted by atomic mass is 10.2. The van der Waals surface area contributed by atoms with Gasteiger partial charge < -0.3 is 5.73 Å². The summed E-state index contributed by atoms with van der Waals surface area (Å²) in [4.78, 5) is 14.3. The number of hydrogen-bond acceptors (Lipinski definition) is 2. The topological polar surface area (TPSA) is 56.0 Å². The summed E-state index contributed by atoms with van der Waals surface area (Å²) in [7, 11) is 0. The Morgan fingerprint density at radius 1 is 1.54 bits per heavy atom. The Morgan fingerprint density at radius 3 is 2.62 bits per heavy atom. The highest BCUT2D eigenvalue weighted by Crippen LogP contribution is 2.20. The Morgan fingerprint density at radius 2 is 2.15 bits per heavy atom. The molecule has 0 aliphatic rings. The molecule has 70 valence electrons. The predicted molar refractivity (Wildman–Crippen MR) is 50.4 cm³/mol. The van der Waals surface area contributed by atoms with Crippen LogP contribution >= 0.6 is 22.6 Å². The highest BCUT2D eigenvalue weighted by molar-refractivity contribution is 14.1. The zero-order valence-electron chi connectivity index (χ0n) is 6.30. The number of primary amides is 1. The number of alkyl halides is 2. The predicted octanol–water partition coefficient (Wildman–Crippen LogP) is 1.72. The van der Waals surface area contributed by atoms with E-state index in [0.717, 1.165) is 6.07 Å². The first-order chi connectivity index (χ1) is 6.00. The van der Waals surface area contributed by atoms with Gasteiger partial charge in [0.2, 0.25) is 0 Å². The van der Waals surface area contributed by atoms with Gasteiger partial charge in [0, 0.05) is 5.56 Å². The van der Waals surface area contributed by atoms with Crippen molar-refractivity contribution in [3.05, 3.63) is 27.1 Å². The molecule has 0 atom stereocenters. The van der Waals surface area contributed by atoms with E-state index in [2.05, 4.69) is 4.98 Å². The lowest BCUT2D eigenvalue weighted by molar-refractivity contribution is 0.0994. The van der Waals surface area contributed by atoms with E-state index < -0.39 is 12.3 Å². The third-order valence-corrected chi connectivity index (χ3v) is 1.87. The maximum atomic E-state index is 12.2. The zero-order valence-corrected chi connectivity index (χ0v) is 8.46. The second kappa shape index (κ2) is 3.95. The SMILES string of the molecule is NC(=O)c1cc(C(F)F)cc(I)n1. The summed E-state index contributed by atoms with van der Waals surface area (Å²) in [5.74, 6) is -0.805. The molecule has 13 heavy (non-hydrogen) atoms. The molecule has 3 nitrogen and oxygen atoms in total. The van der Waals surface area contributed by atoms with Crippen molar-refractivity contribution in [2.24, 2.45) is 5.73 Å². The van der Waals surface area contributed by atoms with Gasteiger partial charge in [-0.3, -0.25) is 4.79 Å². The van der Waals surface area contributed by atoms with E-state index in [-0.39, 0.29) is 11.3 Å². The third kappa shape index (κ3) is 2.58. The largest absolute Gasteiger partial charge is 0.364 e. The van der Waals surface area contributed by atoms with Gasteiger partial charge in [-0.15, -0.1) is 0 Å². The molecule has 1 heterocycles. The molecule has 0 radical (unpaired) electrons. The Kier molecular flexibility index (Phi) is 3.12. The Bertz CT molecular complexity index is 343. The standard InChI is InChI=1S/C7H5F2IN2O/c8-6(9)3-1-4(7(11)13)12-5(10)2-3/h1-2,6H,(H2,11,13). The van der Waals surface area contributed by atoms with Crippen molar-refractivity contribution in [3.8, 4) is 0 Å². The van der Waals surface area contributed by atoms with E-state index in [1.165, 1.54) is 6.07 Å². The molecule has 0 saturated heterocycles. The minimum absolute atomic E-state index is 0.137. The van der Waals surface area contributed by atoms with E-state index in [1.54, 1.807) is 22.6 Å². The van der Waals surface area contributed by atoms with Crippen LogP contribution in [-0.2, 0) is 0 Å². The number of hydrogen-bond donors (Lipinski definition) is 1. The van der Waals surface area contributed by atoms with Crippen LogP contribution in [-0.4, -0.2) is 10.9 Å². The fourth-order valence-corrected chi connectivity index (χ4v) is 1.39. The first kappa shape index (κ1) is 10.3. The summed E-state index contributed by atoms with van der Waals surface area (Å²) in [6.07, 6.45) is -2.62. The molecular weight excluding hydrogens is 293 g/mol. The first-order valence-electron chi connectivity index (χ1n) is 3.26. The second-order valence-electron chi connectivity index (χ2n) is 2.27. The minimum Gasteiger partial charge on any atom is -0.364 e. The number of halogens is 3. The normalized spacial score (nSPS) is 10.5. The lowest BCUT2D eigenvalue weighted by Crippen LogP contribution is -2.14. The van der Waals surface area contributed by atoms with E-state index >= 15 is 0 Å². The van der Waals surface area contributed by atoms with E-state index in [1.807, 2.05) is 0 Å². The molecule has 1 aromatic rings. The van der Waals surface area contributed by atoms with Crippen LogP contribution in [0.2, 0.25) is 0 Å². The number of nitrogens with zero attached hydrogens (tertiary/aromatic N) is 1. The fourth-order valence-electron chi connectivity index (χ4n) is 0.769. The Labute approximate surface area is 86.5 Å². The van der Waals surface area contributed by atoms with Crippen LogP contribution in [0.15, 0.2) is 12.1 Å². The van der Waals surface area contributed by atoms with Crippen molar-refractivity contribution in [1.29, 1.82) is 0 Å². The van der Waals surface area contributed by atoms with Crippen LogP contribution in [0, 0.1) is 3.70 Å². The van der Waals surface area contributed by atoms with Crippen molar-refractivity contribution < 1.29 is 13.6 Å². The van der Waals surface area contributed by atoms with Crippen LogP contribution in [0.4, 0.5) is 8.78 Å². The molecule has 0 saturated carbocycles. The van der Waals surface area contributed by atoms with Gasteiger partial charge in [-0.2, -0.15) is 0 Å². The molecular formula is C7H5F2IN2O. The van der Waals surface area contributed by atoms with Gasteiger partial charge in [0.1, 0.15) is 9.39 Å². The maximum absolute atomic E-state index is 12.2. The van der Waals surface area contributed by atoms with Gasteiger partial charge in [-0.25, -0.2) is 13.8 Å². The lowest BCUT2D eigenvalue weighted by Gasteiger charge is -2.01. The second-order valence-corrected chi connectivity index (χ2v) is 3.38. The van der Waals surface area contributed by atoms with Gasteiger partial charge in [-0.05, 0) is 34.7 Å². The van der Waals surface area contributed by atoms with Crippen molar-refractivity contribution in [2.45, 2.75) is 6.43 Å². The molecule has 0 spiro atoms. The molecule has 0 aliphatic heterocycles. The van der Waals surface area contributed by atoms with Gasteiger partial charge >= 0.3 is 0 Å². The first-order valence-corrected chi connectivity index (χ1v) is 4.34. The molecule has 1 amide bonds. The molecule has 2 N–H and O–H groups in total. The van der Waals surface area contributed by atoms with Gasteiger partial charge in [0.05, 0.1) is 0 Å². The number of carbonyl (C=O) groups is 1. The Hall–Kier alpha value is -0.790. The van der Waals surface area contributed by atoms with Crippen LogP contribution in [0.3, 0.4) is 0 Å². The quantitative estimate of drug-likeness (QED) is 0.667. The number of pyridine rings is 1. The molecule has 0 fully saturated rings. The van der Waals surface area contributed by atoms with Crippen molar-refractivity contribution in [1.82, 2.24) is 4.98 Å². The van der Waals surface area contributed by atoms with E-state index in [9.17, 15) is 13.6 Å². The zero-order chi connectivity index (χ0) is 10.0. The number of amides is 1. The highest BCUT2D eigenvalue weighted by Gasteiger charge is 2.12. The summed E-state index contributed by atoms with van der Waals surface area (Å²) in [6.45, 7) is 0. The van der Waals surface area contributed by atoms with Gasteiger partial charge in [0.15, 0.2) is 0 Å². The van der Waals surface area contributed by atoms with Crippen LogP contribution in [0.1, 0.15) is 22.5 Å². The number of rotatable bonds is 2. The molecule has 0 aliphatic carbocycles. The van der Waals surface area contributed by atoms with Gasteiger partial charge in [-0.1, -0.05) is 0 Å². The Balaban J connectivity index is 3.19. The van der Waals surface area contributed by atoms with Crippen LogP contribution in [0.5, 0.6) is 0 Å². The molecule has 1 aromatic heterocycles. The van der Waals surface area contributed by atoms with Gasteiger partial charge in [0.25, 0.3) is 12.3 Å². The summed E-state index contributed by atoms with van der Waals surface area (Å²) in [5, 5.41) is 0. The molecule has 0 bridgehead atoms. The van der Waals surface area contributed by atoms with Crippen LogP contribution in [0.25, 0.3) is 0 Å². The third-order valence-electron chi connectivity index (χ3n) is 1.32. The summed E-state index contributed by atoms with van der Waals surface area (Å²) < 4.78 is 24.7. The highest BCUT2D eigenvalue weighted by atomic mass is 127. The molecule has 0 unspecified atom stereocenters. The van der Waals surface area contributed by atoms with E-state index in [0.29, 0.717) is 3.70 Å². The molecule has 6 heteroatoms. The maximum Gasteiger partial charge on any atom is 0.267 e. The average molecular weight is 298 g/mol. The smallest absolute Gasteiger partial charge is 0.267 e. The average Bonchev–Trinajstić information content (AvgIpc) is 2.03. The number of nitrogens with two attached hydrogens (primary N) is 1. The number of carbonyl (C=O) groups excluding carboxylic acids is 1. The van der Waals surface area contributed by atoms with E-state index in [4.69, 9.17) is 5.73 Å². The monoisotopic (exact) mass is 298 g/mol. The summed E-state index contributed by atoms with van der Waals surface area (Å²) in [5.41, 5.74) is 4.52. The minimum atomic E-state index is -2.62. The van der Waals surface area contributed by atoms with Crippen molar-refractivity contribution in [3.63, 3.8) is 0 Å². The summed E-state index contributed by atoms with van der Waals surface area (Å²) >= 11 is 1.75. The van der Waals surface area contributed by atoms with Crippen LogP contribution < -0.4 is 5.73 Å². The van der Waals surface area contributed by atoms with Crippen molar-refractivity contribution >= 4 is 28.5 Å². The fraction of sp³-hybridized carbons (Fsp3) is 0.143. The molecule has 1 rings (SSSR count). The molecule has 0 aromatic carbocycles. The van der Waals surface area contributed by atoms with Crippen molar-refractivity contribution in [2.75, 3.05) is 0 Å².